The van der Waals surface area contributed by atoms with Crippen LogP contribution in [0.2, 0.25) is 5.02 Å². The Kier molecular flexibility index (Phi) is 11.9. The highest BCUT2D eigenvalue weighted by molar-refractivity contribution is 6.33. The van der Waals surface area contributed by atoms with E-state index in [-0.39, 0.29) is 23.8 Å². The smallest absolute Gasteiger partial charge is 0.337 e. The van der Waals surface area contributed by atoms with E-state index in [1.165, 1.54) is 6.07 Å². The van der Waals surface area contributed by atoms with Gasteiger partial charge in [0.1, 0.15) is 0 Å². The molecule has 0 atom stereocenters. The number of benzene rings is 1. The molecule has 0 aromatic heterocycles. The average Bonchev–Trinajstić information content (AvgIpc) is 2.46. The maximum atomic E-state index is 10.3. The second-order valence-electron chi connectivity index (χ2n) is 4.43. The molecule has 0 saturated carbocycles. The van der Waals surface area contributed by atoms with E-state index in [2.05, 4.69) is 11.8 Å². The first kappa shape index (κ1) is 19.9. The van der Waals surface area contributed by atoms with E-state index < -0.39 is 5.97 Å². The van der Waals surface area contributed by atoms with E-state index in [9.17, 15) is 4.79 Å². The van der Waals surface area contributed by atoms with Crippen LogP contribution in [0.15, 0.2) is 24.3 Å². The summed E-state index contributed by atoms with van der Waals surface area (Å²) in [5, 5.41) is 26.0. The Hall–Kier alpha value is -1.14. The number of aromatic carboxylic acids is 1. The van der Waals surface area contributed by atoms with Crippen molar-refractivity contribution in [1.82, 2.24) is 4.90 Å². The SMILES string of the molecule is CCCCN(CCO)CCO.O=C(O)c1ccccc1Cl. The van der Waals surface area contributed by atoms with Crippen molar-refractivity contribution in [3.63, 3.8) is 0 Å². The molecule has 120 valence electrons. The largest absolute Gasteiger partial charge is 0.478 e. The monoisotopic (exact) mass is 317 g/mol. The van der Waals surface area contributed by atoms with E-state index in [0.717, 1.165) is 19.4 Å². The summed E-state index contributed by atoms with van der Waals surface area (Å²) in [5.74, 6) is -0.995. The summed E-state index contributed by atoms with van der Waals surface area (Å²) in [6.07, 6.45) is 2.30. The quantitative estimate of drug-likeness (QED) is 0.684. The van der Waals surface area contributed by atoms with Gasteiger partial charge < -0.3 is 15.3 Å². The van der Waals surface area contributed by atoms with Crippen LogP contribution >= 0.6 is 11.6 Å². The number of hydrogen-bond donors (Lipinski definition) is 3. The Morgan fingerprint density at radius 1 is 1.14 bits per heavy atom. The lowest BCUT2D eigenvalue weighted by atomic mass is 10.2. The maximum Gasteiger partial charge on any atom is 0.337 e. The van der Waals surface area contributed by atoms with Crippen molar-refractivity contribution in [2.45, 2.75) is 19.8 Å². The van der Waals surface area contributed by atoms with Crippen molar-refractivity contribution in [3.05, 3.63) is 34.9 Å². The second-order valence-corrected chi connectivity index (χ2v) is 4.83. The second kappa shape index (κ2) is 12.6. The lowest BCUT2D eigenvalue weighted by Crippen LogP contribution is -2.30. The number of nitrogens with zero attached hydrogens (tertiary/aromatic N) is 1. The molecule has 0 bridgehead atoms. The molecule has 0 unspecified atom stereocenters. The number of halogens is 1. The number of carbonyl (C=O) groups is 1. The van der Waals surface area contributed by atoms with Gasteiger partial charge in [-0.1, -0.05) is 37.1 Å². The number of aliphatic hydroxyl groups excluding tert-OH is 2. The topological polar surface area (TPSA) is 81.0 Å². The number of hydrogen-bond acceptors (Lipinski definition) is 4. The number of aliphatic hydroxyl groups is 2. The normalized spacial score (nSPS) is 10.1. The average molecular weight is 318 g/mol. The van der Waals surface area contributed by atoms with Gasteiger partial charge in [0, 0.05) is 13.1 Å². The van der Waals surface area contributed by atoms with Crippen LogP contribution in [-0.2, 0) is 0 Å². The van der Waals surface area contributed by atoms with Gasteiger partial charge in [-0.25, -0.2) is 4.79 Å². The van der Waals surface area contributed by atoms with E-state index >= 15 is 0 Å². The van der Waals surface area contributed by atoms with E-state index in [1.54, 1.807) is 18.2 Å². The van der Waals surface area contributed by atoms with E-state index in [0.29, 0.717) is 13.1 Å². The zero-order valence-electron chi connectivity index (χ0n) is 12.3. The molecule has 1 rings (SSSR count). The molecule has 3 N–H and O–H groups in total. The summed E-state index contributed by atoms with van der Waals surface area (Å²) in [6, 6.07) is 6.33. The summed E-state index contributed by atoms with van der Waals surface area (Å²) in [4.78, 5) is 12.4. The molecule has 0 saturated heterocycles. The van der Waals surface area contributed by atoms with Gasteiger partial charge in [-0.15, -0.1) is 0 Å². The highest BCUT2D eigenvalue weighted by Crippen LogP contribution is 2.13. The molecule has 0 heterocycles. The highest BCUT2D eigenvalue weighted by atomic mass is 35.5. The summed E-state index contributed by atoms with van der Waals surface area (Å²) in [7, 11) is 0. The molecule has 0 radical (unpaired) electrons. The van der Waals surface area contributed by atoms with E-state index in [1.807, 2.05) is 0 Å². The van der Waals surface area contributed by atoms with Crippen molar-refractivity contribution in [2.75, 3.05) is 32.8 Å². The molecular weight excluding hydrogens is 294 g/mol. The van der Waals surface area contributed by atoms with Crippen LogP contribution in [0.5, 0.6) is 0 Å². The van der Waals surface area contributed by atoms with Crippen LogP contribution in [-0.4, -0.2) is 59.0 Å². The summed E-state index contributed by atoms with van der Waals surface area (Å²) < 4.78 is 0. The minimum absolute atomic E-state index is 0.143. The number of carboxylic acid groups (broad SMARTS) is 1. The molecular formula is C15H24ClNO4. The third kappa shape index (κ3) is 9.42. The Bertz CT molecular complexity index is 395. The Labute approximate surface area is 130 Å². The first-order valence-corrected chi connectivity index (χ1v) is 7.36. The first-order chi connectivity index (χ1) is 10.1. The highest BCUT2D eigenvalue weighted by Gasteiger charge is 2.04. The summed E-state index contributed by atoms with van der Waals surface area (Å²) in [6.45, 7) is 4.85. The molecule has 21 heavy (non-hydrogen) atoms. The third-order valence-corrected chi connectivity index (χ3v) is 3.09. The Morgan fingerprint density at radius 2 is 1.71 bits per heavy atom. The van der Waals surface area contributed by atoms with Gasteiger partial charge in [0.15, 0.2) is 0 Å². The van der Waals surface area contributed by atoms with E-state index in [4.69, 9.17) is 26.9 Å². The predicted molar refractivity (Wildman–Crippen MR) is 83.9 cm³/mol. The zero-order valence-corrected chi connectivity index (χ0v) is 13.1. The Balaban J connectivity index is 0.000000382. The Morgan fingerprint density at radius 3 is 2.10 bits per heavy atom. The molecule has 0 fully saturated rings. The molecule has 5 nitrogen and oxygen atoms in total. The lowest BCUT2D eigenvalue weighted by Gasteiger charge is -2.19. The fourth-order valence-electron chi connectivity index (χ4n) is 1.63. The number of rotatable bonds is 8. The third-order valence-electron chi connectivity index (χ3n) is 2.76. The van der Waals surface area contributed by atoms with Gasteiger partial charge in [0.25, 0.3) is 0 Å². The van der Waals surface area contributed by atoms with Crippen molar-refractivity contribution in [2.24, 2.45) is 0 Å². The standard InChI is InChI=1S/C8H19NO2.C7H5ClO2/c1-2-3-4-9(5-7-10)6-8-11;8-6-4-2-1-3-5(6)7(9)10/h10-11H,2-8H2,1H3;1-4H,(H,9,10). The molecule has 1 aromatic rings. The summed E-state index contributed by atoms with van der Waals surface area (Å²) in [5.41, 5.74) is 0.143. The minimum atomic E-state index is -0.995. The van der Waals surface area contributed by atoms with Gasteiger partial charge in [0.2, 0.25) is 0 Å². The van der Waals surface area contributed by atoms with Gasteiger partial charge in [-0.3, -0.25) is 4.90 Å². The maximum absolute atomic E-state index is 10.3. The number of carboxylic acids is 1. The van der Waals surface area contributed by atoms with Crippen molar-refractivity contribution >= 4 is 17.6 Å². The molecule has 1 aromatic carbocycles. The van der Waals surface area contributed by atoms with Crippen LogP contribution in [0, 0.1) is 0 Å². The van der Waals surface area contributed by atoms with Crippen molar-refractivity contribution in [1.29, 1.82) is 0 Å². The summed E-state index contributed by atoms with van der Waals surface area (Å²) >= 11 is 5.54. The molecule has 0 amide bonds. The van der Waals surface area contributed by atoms with Crippen molar-refractivity contribution < 1.29 is 20.1 Å². The first-order valence-electron chi connectivity index (χ1n) is 6.98. The lowest BCUT2D eigenvalue weighted by molar-refractivity contribution is 0.0697. The van der Waals surface area contributed by atoms with Crippen molar-refractivity contribution in [3.8, 4) is 0 Å². The van der Waals surface area contributed by atoms with Crippen LogP contribution < -0.4 is 0 Å². The van der Waals surface area contributed by atoms with Gasteiger partial charge in [0.05, 0.1) is 23.8 Å². The molecule has 6 heteroatoms. The van der Waals surface area contributed by atoms with Gasteiger partial charge in [-0.05, 0) is 25.1 Å². The van der Waals surface area contributed by atoms with Crippen LogP contribution in [0.3, 0.4) is 0 Å². The molecule has 0 aliphatic heterocycles. The molecule has 0 aliphatic carbocycles. The van der Waals surface area contributed by atoms with Crippen LogP contribution in [0.1, 0.15) is 30.1 Å². The molecule has 0 spiro atoms. The van der Waals surface area contributed by atoms with Crippen LogP contribution in [0.4, 0.5) is 0 Å². The van der Waals surface area contributed by atoms with Gasteiger partial charge in [-0.2, -0.15) is 0 Å². The fraction of sp³-hybridized carbons (Fsp3) is 0.533. The predicted octanol–water partition coefficient (Wildman–Crippen LogP) is 2.11. The fourth-order valence-corrected chi connectivity index (χ4v) is 1.85. The zero-order chi connectivity index (χ0) is 16.1. The molecule has 0 aliphatic rings. The minimum Gasteiger partial charge on any atom is -0.478 e. The van der Waals surface area contributed by atoms with Gasteiger partial charge >= 0.3 is 5.97 Å². The van der Waals surface area contributed by atoms with Crippen LogP contribution in [0.25, 0.3) is 0 Å². The number of unbranched alkanes of at least 4 members (excludes halogenated alkanes) is 1.